The number of aliphatic carboxylic acids is 1. The average molecular weight is 317 g/mol. The summed E-state index contributed by atoms with van der Waals surface area (Å²) in [7, 11) is 0. The summed E-state index contributed by atoms with van der Waals surface area (Å²) in [5, 5.41) is 9.08. The third-order valence-corrected chi connectivity index (χ3v) is 4.99. The number of carboxylic acids is 1. The minimum absolute atomic E-state index is 0.0187. The first kappa shape index (κ1) is 16.0. The van der Waals surface area contributed by atoms with Gasteiger partial charge in [0.1, 0.15) is 0 Å². The number of hydrogen-bond acceptors (Lipinski definition) is 3. The highest BCUT2D eigenvalue weighted by Gasteiger charge is 2.43. The number of hydrogen-bond donors (Lipinski definition) is 1. The summed E-state index contributed by atoms with van der Waals surface area (Å²) in [4.78, 5) is 25.3. The van der Waals surface area contributed by atoms with E-state index in [1.165, 1.54) is 0 Å². The molecule has 1 heterocycles. The zero-order valence-electron chi connectivity index (χ0n) is 13.2. The van der Waals surface area contributed by atoms with Crippen molar-refractivity contribution >= 4 is 11.9 Å². The van der Waals surface area contributed by atoms with Gasteiger partial charge in [-0.05, 0) is 31.2 Å². The number of nitrogens with zero attached hydrogens (tertiary/aromatic N) is 1. The molecular formula is C18H23NO4. The van der Waals surface area contributed by atoms with E-state index >= 15 is 0 Å². The Labute approximate surface area is 136 Å². The van der Waals surface area contributed by atoms with E-state index in [9.17, 15) is 9.59 Å². The van der Waals surface area contributed by atoms with Crippen LogP contribution in [0.15, 0.2) is 30.3 Å². The lowest BCUT2D eigenvalue weighted by Crippen LogP contribution is -2.49. The van der Waals surface area contributed by atoms with Crippen molar-refractivity contribution < 1.29 is 19.4 Å². The molecule has 0 radical (unpaired) electrons. The van der Waals surface area contributed by atoms with Crippen LogP contribution in [0.25, 0.3) is 0 Å². The molecular weight excluding hydrogens is 294 g/mol. The van der Waals surface area contributed by atoms with Gasteiger partial charge in [-0.25, -0.2) is 0 Å². The number of rotatable bonds is 5. The summed E-state index contributed by atoms with van der Waals surface area (Å²) >= 11 is 0. The molecule has 0 aromatic heterocycles. The molecule has 5 heteroatoms. The van der Waals surface area contributed by atoms with E-state index in [1.54, 1.807) is 0 Å². The van der Waals surface area contributed by atoms with Gasteiger partial charge in [-0.2, -0.15) is 0 Å². The Balaban J connectivity index is 1.43. The SMILES string of the molecule is O=C(O)C1CCC1C(=O)N1CCC(OCc2ccccc2)CC1. The van der Waals surface area contributed by atoms with Gasteiger partial charge in [0.05, 0.1) is 24.5 Å². The standard InChI is InChI=1S/C18H23NO4/c20-17(15-6-7-16(15)18(21)22)19-10-8-14(9-11-19)23-12-13-4-2-1-3-5-13/h1-5,14-16H,6-12H2,(H,21,22). The minimum Gasteiger partial charge on any atom is -0.481 e. The lowest BCUT2D eigenvalue weighted by Gasteiger charge is -2.39. The Morgan fingerprint density at radius 1 is 1.04 bits per heavy atom. The van der Waals surface area contributed by atoms with Crippen molar-refractivity contribution in [2.75, 3.05) is 13.1 Å². The van der Waals surface area contributed by atoms with Crippen LogP contribution in [0.3, 0.4) is 0 Å². The molecule has 5 nitrogen and oxygen atoms in total. The molecule has 2 unspecified atom stereocenters. The van der Waals surface area contributed by atoms with E-state index in [1.807, 2.05) is 35.2 Å². The molecule has 1 saturated carbocycles. The highest BCUT2D eigenvalue weighted by Crippen LogP contribution is 2.36. The van der Waals surface area contributed by atoms with Crippen molar-refractivity contribution in [1.82, 2.24) is 4.90 Å². The van der Waals surface area contributed by atoms with Crippen LogP contribution < -0.4 is 0 Å². The topological polar surface area (TPSA) is 66.8 Å². The number of amides is 1. The molecule has 1 amide bonds. The van der Waals surface area contributed by atoms with Gasteiger partial charge in [0.25, 0.3) is 0 Å². The van der Waals surface area contributed by atoms with Crippen molar-refractivity contribution in [2.45, 2.75) is 38.4 Å². The van der Waals surface area contributed by atoms with Gasteiger partial charge in [0.2, 0.25) is 5.91 Å². The number of carbonyl (C=O) groups is 2. The Morgan fingerprint density at radius 3 is 2.26 bits per heavy atom. The second-order valence-corrected chi connectivity index (χ2v) is 6.45. The van der Waals surface area contributed by atoms with E-state index in [0.717, 1.165) is 18.4 Å². The number of carbonyl (C=O) groups excluding carboxylic acids is 1. The van der Waals surface area contributed by atoms with E-state index < -0.39 is 11.9 Å². The molecule has 2 atom stereocenters. The molecule has 1 saturated heterocycles. The Bertz CT molecular complexity index is 551. The van der Waals surface area contributed by atoms with Crippen LogP contribution in [0.4, 0.5) is 0 Å². The molecule has 1 aliphatic carbocycles. The maximum absolute atomic E-state index is 12.4. The van der Waals surface area contributed by atoms with E-state index in [-0.39, 0.29) is 17.9 Å². The first-order valence-corrected chi connectivity index (χ1v) is 8.32. The molecule has 2 aliphatic rings. The number of ether oxygens (including phenoxy) is 1. The summed E-state index contributed by atoms with van der Waals surface area (Å²) in [6, 6.07) is 10.1. The van der Waals surface area contributed by atoms with Gasteiger partial charge in [-0.15, -0.1) is 0 Å². The predicted octanol–water partition coefficient (Wildman–Crippen LogP) is 2.30. The summed E-state index contributed by atoms with van der Waals surface area (Å²) in [6.45, 7) is 1.94. The fraction of sp³-hybridized carbons (Fsp3) is 0.556. The van der Waals surface area contributed by atoms with Crippen molar-refractivity contribution in [3.05, 3.63) is 35.9 Å². The molecule has 3 rings (SSSR count). The van der Waals surface area contributed by atoms with E-state index in [4.69, 9.17) is 9.84 Å². The number of benzene rings is 1. The number of carboxylic acid groups (broad SMARTS) is 1. The summed E-state index contributed by atoms with van der Waals surface area (Å²) in [6.07, 6.45) is 3.16. The molecule has 1 N–H and O–H groups in total. The first-order valence-electron chi connectivity index (χ1n) is 8.32. The van der Waals surface area contributed by atoms with Gasteiger partial charge >= 0.3 is 5.97 Å². The molecule has 1 aromatic rings. The second-order valence-electron chi connectivity index (χ2n) is 6.45. The van der Waals surface area contributed by atoms with Crippen LogP contribution in [0.2, 0.25) is 0 Å². The third-order valence-electron chi connectivity index (χ3n) is 4.99. The largest absolute Gasteiger partial charge is 0.481 e. The molecule has 0 bridgehead atoms. The van der Waals surface area contributed by atoms with Crippen LogP contribution in [-0.2, 0) is 20.9 Å². The van der Waals surface area contributed by atoms with Crippen molar-refractivity contribution in [1.29, 1.82) is 0 Å². The predicted molar refractivity (Wildman–Crippen MR) is 84.7 cm³/mol. The van der Waals surface area contributed by atoms with Crippen LogP contribution in [0.1, 0.15) is 31.2 Å². The maximum Gasteiger partial charge on any atom is 0.307 e. The van der Waals surface area contributed by atoms with E-state index in [0.29, 0.717) is 32.5 Å². The number of piperidine rings is 1. The summed E-state index contributed by atoms with van der Waals surface area (Å²) in [5.74, 6) is -1.61. The molecule has 124 valence electrons. The van der Waals surface area contributed by atoms with Crippen LogP contribution in [0, 0.1) is 11.8 Å². The van der Waals surface area contributed by atoms with Gasteiger partial charge in [0, 0.05) is 13.1 Å². The van der Waals surface area contributed by atoms with Crippen molar-refractivity contribution in [2.24, 2.45) is 11.8 Å². The zero-order valence-corrected chi connectivity index (χ0v) is 13.2. The summed E-state index contributed by atoms with van der Waals surface area (Å²) < 4.78 is 5.93. The summed E-state index contributed by atoms with van der Waals surface area (Å²) in [5.41, 5.74) is 1.16. The smallest absolute Gasteiger partial charge is 0.307 e. The quantitative estimate of drug-likeness (QED) is 0.905. The highest BCUT2D eigenvalue weighted by molar-refractivity contribution is 5.86. The third kappa shape index (κ3) is 3.72. The molecule has 1 aromatic carbocycles. The highest BCUT2D eigenvalue weighted by atomic mass is 16.5. The Hall–Kier alpha value is -1.88. The fourth-order valence-corrected chi connectivity index (χ4v) is 3.36. The Morgan fingerprint density at radius 2 is 1.70 bits per heavy atom. The fourth-order valence-electron chi connectivity index (χ4n) is 3.36. The van der Waals surface area contributed by atoms with E-state index in [2.05, 4.69) is 0 Å². The molecule has 0 spiro atoms. The lowest BCUT2D eigenvalue weighted by molar-refractivity contribution is -0.157. The maximum atomic E-state index is 12.4. The van der Waals surface area contributed by atoms with Crippen LogP contribution in [0.5, 0.6) is 0 Å². The van der Waals surface area contributed by atoms with Crippen LogP contribution >= 0.6 is 0 Å². The Kier molecular flexibility index (Phi) is 4.96. The van der Waals surface area contributed by atoms with Crippen molar-refractivity contribution in [3.8, 4) is 0 Å². The van der Waals surface area contributed by atoms with Crippen molar-refractivity contribution in [3.63, 3.8) is 0 Å². The molecule has 1 aliphatic heterocycles. The van der Waals surface area contributed by atoms with Gasteiger partial charge in [0.15, 0.2) is 0 Å². The monoisotopic (exact) mass is 317 g/mol. The first-order chi connectivity index (χ1) is 11.1. The second kappa shape index (κ2) is 7.13. The zero-order chi connectivity index (χ0) is 16.2. The molecule has 23 heavy (non-hydrogen) atoms. The van der Waals surface area contributed by atoms with Gasteiger partial charge in [-0.1, -0.05) is 30.3 Å². The lowest BCUT2D eigenvalue weighted by atomic mass is 9.72. The average Bonchev–Trinajstić information content (AvgIpc) is 2.53. The molecule has 2 fully saturated rings. The van der Waals surface area contributed by atoms with Crippen LogP contribution in [-0.4, -0.2) is 41.1 Å². The minimum atomic E-state index is -0.837. The van der Waals surface area contributed by atoms with Gasteiger partial charge in [-0.3, -0.25) is 9.59 Å². The van der Waals surface area contributed by atoms with Gasteiger partial charge < -0.3 is 14.7 Å². The normalized spacial score (nSPS) is 25.0. The number of likely N-dealkylation sites (tertiary alicyclic amines) is 1.